The molecule has 0 aromatic rings. The van der Waals surface area contributed by atoms with Gasteiger partial charge in [0.2, 0.25) is 0 Å². The number of hydrogen-bond donors (Lipinski definition) is 1. The van der Waals surface area contributed by atoms with Crippen molar-refractivity contribution in [2.24, 2.45) is 0 Å². The topological polar surface area (TPSA) is 15.3 Å². The minimum atomic E-state index is -1.20. The normalized spacial score (nSPS) is 21.8. The molecular weight excluding hydrogens is 164 g/mol. The van der Waals surface area contributed by atoms with E-state index in [1.807, 2.05) is 0 Å². The second-order valence-electron chi connectivity index (χ2n) is 5.23. The molecule has 1 aliphatic heterocycles. The lowest BCUT2D eigenvalue weighted by atomic mass is 10.2. The van der Waals surface area contributed by atoms with Gasteiger partial charge in [-0.2, -0.15) is 0 Å². The Balaban J connectivity index is 2.69. The Morgan fingerprint density at radius 3 is 2.17 bits per heavy atom. The monoisotopic (exact) mass is 186 g/mol. The Kier molecular flexibility index (Phi) is 2.66. The Morgan fingerprint density at radius 2 is 1.83 bits per heavy atom. The molecule has 0 spiro atoms. The first kappa shape index (κ1) is 10.2. The predicted molar refractivity (Wildman–Crippen MR) is 56.8 cm³/mol. The second kappa shape index (κ2) is 3.12. The van der Waals surface area contributed by atoms with Crippen LogP contribution >= 0.6 is 0 Å². The third-order valence-corrected chi connectivity index (χ3v) is 9.12. The van der Waals surface area contributed by atoms with Gasteiger partial charge in [0.15, 0.2) is 0 Å². The molecule has 0 aromatic carbocycles. The van der Waals surface area contributed by atoms with E-state index in [-0.39, 0.29) is 0 Å². The lowest BCUT2D eigenvalue weighted by Crippen LogP contribution is -2.54. The van der Waals surface area contributed by atoms with E-state index in [1.165, 1.54) is 13.1 Å². The summed E-state index contributed by atoms with van der Waals surface area (Å²) >= 11 is 0. The zero-order valence-corrected chi connectivity index (χ0v) is 10.1. The predicted octanol–water partition coefficient (Wildman–Crippen LogP) is 1.85. The van der Waals surface area contributed by atoms with Crippen molar-refractivity contribution in [2.45, 2.75) is 38.9 Å². The Morgan fingerprint density at radius 1 is 1.25 bits per heavy atom. The van der Waals surface area contributed by atoms with Crippen molar-refractivity contribution in [3.05, 3.63) is 0 Å². The molecule has 3 heteroatoms. The Bertz CT molecular complexity index is 154. The largest absolute Gasteiger partial charge is 0.310 e. The lowest BCUT2D eigenvalue weighted by Gasteiger charge is -2.43. The fourth-order valence-corrected chi connectivity index (χ4v) is 3.59. The molecule has 72 valence electrons. The first-order chi connectivity index (χ1) is 5.36. The van der Waals surface area contributed by atoms with E-state index in [0.29, 0.717) is 5.04 Å². The highest BCUT2D eigenvalue weighted by atomic mass is 28.3. The number of nitrogens with one attached hydrogen (secondary N) is 1. The minimum Gasteiger partial charge on any atom is -0.310 e. The molecule has 0 aliphatic carbocycles. The van der Waals surface area contributed by atoms with Gasteiger partial charge >= 0.3 is 0 Å². The molecule has 1 heterocycles. The van der Waals surface area contributed by atoms with Crippen LogP contribution in [0.5, 0.6) is 0 Å². The fourth-order valence-electron chi connectivity index (χ4n) is 1.46. The van der Waals surface area contributed by atoms with Gasteiger partial charge in [0.1, 0.15) is 8.24 Å². The standard InChI is InChI=1S/C9H22N2Si/c1-9(2,3)12(4,5)11-7-6-10-8-11/h10H,6-8H2,1-5H3. The fraction of sp³-hybridized carbons (Fsp3) is 1.00. The van der Waals surface area contributed by atoms with Gasteiger partial charge < -0.3 is 9.88 Å². The summed E-state index contributed by atoms with van der Waals surface area (Å²) in [7, 11) is -1.20. The molecule has 0 amide bonds. The third kappa shape index (κ3) is 1.73. The van der Waals surface area contributed by atoms with Crippen LogP contribution in [0, 0.1) is 0 Å². The molecule has 0 bridgehead atoms. The van der Waals surface area contributed by atoms with E-state index >= 15 is 0 Å². The van der Waals surface area contributed by atoms with Gasteiger partial charge in [0.25, 0.3) is 0 Å². The van der Waals surface area contributed by atoms with Crippen LogP contribution in [0.2, 0.25) is 18.1 Å². The molecule has 1 aliphatic rings. The van der Waals surface area contributed by atoms with Crippen molar-refractivity contribution in [1.29, 1.82) is 0 Å². The summed E-state index contributed by atoms with van der Waals surface area (Å²) in [4.78, 5) is 0. The van der Waals surface area contributed by atoms with Crippen molar-refractivity contribution >= 4 is 8.24 Å². The van der Waals surface area contributed by atoms with Gasteiger partial charge in [-0.25, -0.2) is 0 Å². The molecule has 0 unspecified atom stereocenters. The smallest absolute Gasteiger partial charge is 0.128 e. The number of nitrogens with zero attached hydrogens (tertiary/aromatic N) is 1. The molecule has 1 rings (SSSR count). The maximum atomic E-state index is 3.41. The highest BCUT2D eigenvalue weighted by molar-refractivity contribution is 6.77. The average molecular weight is 186 g/mol. The Hall–Kier alpha value is 0.137. The maximum absolute atomic E-state index is 3.41. The number of rotatable bonds is 1. The van der Waals surface area contributed by atoms with E-state index in [1.54, 1.807) is 0 Å². The first-order valence-electron chi connectivity index (χ1n) is 4.81. The maximum Gasteiger partial charge on any atom is 0.128 e. The van der Waals surface area contributed by atoms with E-state index in [4.69, 9.17) is 0 Å². The van der Waals surface area contributed by atoms with Crippen molar-refractivity contribution < 1.29 is 0 Å². The van der Waals surface area contributed by atoms with Crippen LogP contribution < -0.4 is 5.32 Å². The minimum absolute atomic E-state index is 0.485. The first-order valence-corrected chi connectivity index (χ1v) is 7.76. The summed E-state index contributed by atoms with van der Waals surface area (Å²) in [6.45, 7) is 15.6. The van der Waals surface area contributed by atoms with Crippen LogP contribution in [0.3, 0.4) is 0 Å². The lowest BCUT2D eigenvalue weighted by molar-refractivity contribution is 0.473. The molecule has 0 atom stereocenters. The quantitative estimate of drug-likeness (QED) is 0.629. The van der Waals surface area contributed by atoms with Crippen LogP contribution in [0.25, 0.3) is 0 Å². The molecular formula is C9H22N2Si. The van der Waals surface area contributed by atoms with Gasteiger partial charge in [0.05, 0.1) is 0 Å². The summed E-state index contributed by atoms with van der Waals surface area (Å²) in [5, 5.41) is 3.90. The van der Waals surface area contributed by atoms with Gasteiger partial charge in [-0.3, -0.25) is 0 Å². The molecule has 0 saturated carbocycles. The van der Waals surface area contributed by atoms with Crippen LogP contribution in [0.4, 0.5) is 0 Å². The zero-order chi connectivity index (χ0) is 9.41. The van der Waals surface area contributed by atoms with Gasteiger partial charge in [-0.1, -0.05) is 33.9 Å². The highest BCUT2D eigenvalue weighted by Gasteiger charge is 2.41. The van der Waals surface area contributed by atoms with E-state index < -0.39 is 8.24 Å². The molecule has 2 nitrogen and oxygen atoms in total. The van der Waals surface area contributed by atoms with Crippen molar-refractivity contribution in [3.8, 4) is 0 Å². The molecule has 12 heavy (non-hydrogen) atoms. The molecule has 1 fully saturated rings. The summed E-state index contributed by atoms with van der Waals surface area (Å²) in [6.07, 6.45) is 0. The summed E-state index contributed by atoms with van der Waals surface area (Å²) in [6, 6.07) is 0. The summed E-state index contributed by atoms with van der Waals surface area (Å²) in [5.74, 6) is 0. The third-order valence-electron chi connectivity index (χ3n) is 3.49. The summed E-state index contributed by atoms with van der Waals surface area (Å²) < 4.78 is 2.66. The van der Waals surface area contributed by atoms with Crippen molar-refractivity contribution in [2.75, 3.05) is 19.8 Å². The van der Waals surface area contributed by atoms with Crippen molar-refractivity contribution in [3.63, 3.8) is 0 Å². The van der Waals surface area contributed by atoms with Crippen LogP contribution in [0.15, 0.2) is 0 Å². The molecule has 1 saturated heterocycles. The summed E-state index contributed by atoms with van der Waals surface area (Å²) in [5.41, 5.74) is 0. The van der Waals surface area contributed by atoms with Crippen LogP contribution in [0.1, 0.15) is 20.8 Å². The second-order valence-corrected chi connectivity index (χ2v) is 10.5. The average Bonchev–Trinajstić information content (AvgIpc) is 2.34. The SMILES string of the molecule is CC(C)(C)[Si](C)(C)N1CCNC1. The van der Waals surface area contributed by atoms with E-state index in [0.717, 1.165) is 6.67 Å². The van der Waals surface area contributed by atoms with Crippen LogP contribution in [-0.2, 0) is 0 Å². The zero-order valence-electron chi connectivity index (χ0n) is 9.07. The number of hydrogen-bond acceptors (Lipinski definition) is 2. The van der Waals surface area contributed by atoms with Gasteiger partial charge in [0, 0.05) is 19.8 Å². The van der Waals surface area contributed by atoms with Gasteiger partial charge in [-0.05, 0) is 5.04 Å². The molecule has 1 N–H and O–H groups in total. The molecule has 0 aromatic heterocycles. The van der Waals surface area contributed by atoms with Crippen LogP contribution in [-0.4, -0.2) is 32.6 Å². The van der Waals surface area contributed by atoms with Crippen molar-refractivity contribution in [1.82, 2.24) is 9.88 Å². The van der Waals surface area contributed by atoms with Gasteiger partial charge in [-0.15, -0.1) is 0 Å². The van der Waals surface area contributed by atoms with E-state index in [2.05, 4.69) is 43.7 Å². The van der Waals surface area contributed by atoms with E-state index in [9.17, 15) is 0 Å². The highest BCUT2D eigenvalue weighted by Crippen LogP contribution is 2.38. The molecule has 0 radical (unpaired) electrons. The Labute approximate surface area is 77.4 Å².